The number of terminal acetylenes is 1. The smallest absolute Gasteiger partial charge is 0.193 e. The van der Waals surface area contributed by atoms with Gasteiger partial charge < -0.3 is 0 Å². The molecule has 0 radical (unpaired) electrons. The van der Waals surface area contributed by atoms with Gasteiger partial charge in [0, 0.05) is 12.3 Å². The Morgan fingerprint density at radius 3 is 2.45 bits per heavy atom. The lowest BCUT2D eigenvalue weighted by Crippen LogP contribution is -2.05. The van der Waals surface area contributed by atoms with E-state index in [1.165, 1.54) is 0 Å². The van der Waals surface area contributed by atoms with Gasteiger partial charge in [-0.05, 0) is 34.9 Å². The topological polar surface area (TPSA) is 17.1 Å². The zero-order valence-electron chi connectivity index (χ0n) is 6.93. The summed E-state index contributed by atoms with van der Waals surface area (Å²) in [6, 6.07) is 0. The standard InChI is InChI=1S/C9H13IO/c1-4-8(5-7(2)3)6-9(10)11/h1,7-8H,5-6H2,2-3H3/t8-/m1/s1. The zero-order valence-corrected chi connectivity index (χ0v) is 9.09. The van der Waals surface area contributed by atoms with E-state index in [1.54, 1.807) is 22.6 Å². The van der Waals surface area contributed by atoms with Crippen LogP contribution >= 0.6 is 22.6 Å². The van der Waals surface area contributed by atoms with Crippen molar-refractivity contribution in [2.45, 2.75) is 26.7 Å². The van der Waals surface area contributed by atoms with Crippen LogP contribution in [0.1, 0.15) is 26.7 Å². The van der Waals surface area contributed by atoms with Crippen molar-refractivity contribution in [3.63, 3.8) is 0 Å². The van der Waals surface area contributed by atoms with E-state index in [0.29, 0.717) is 12.3 Å². The highest BCUT2D eigenvalue weighted by Gasteiger charge is 2.10. The van der Waals surface area contributed by atoms with Crippen molar-refractivity contribution in [2.75, 3.05) is 0 Å². The molecular weight excluding hydrogens is 251 g/mol. The predicted molar refractivity (Wildman–Crippen MR) is 55.4 cm³/mol. The van der Waals surface area contributed by atoms with Crippen LogP contribution in [0.25, 0.3) is 0 Å². The second-order valence-electron chi connectivity index (χ2n) is 3.05. The van der Waals surface area contributed by atoms with Crippen molar-refractivity contribution in [3.8, 4) is 12.3 Å². The van der Waals surface area contributed by atoms with Crippen LogP contribution in [0, 0.1) is 24.2 Å². The number of hydrogen-bond donors (Lipinski definition) is 0. The third kappa shape index (κ3) is 6.36. The maximum atomic E-state index is 10.7. The molecule has 62 valence electrons. The van der Waals surface area contributed by atoms with Crippen molar-refractivity contribution in [1.29, 1.82) is 0 Å². The largest absolute Gasteiger partial charge is 0.288 e. The summed E-state index contributed by atoms with van der Waals surface area (Å²) >= 11 is 1.79. The summed E-state index contributed by atoms with van der Waals surface area (Å²) in [5.74, 6) is 3.35. The van der Waals surface area contributed by atoms with Gasteiger partial charge in [-0.15, -0.1) is 12.3 Å². The second-order valence-corrected chi connectivity index (χ2v) is 4.26. The molecule has 0 unspecified atom stereocenters. The van der Waals surface area contributed by atoms with Gasteiger partial charge in [-0.25, -0.2) is 0 Å². The average Bonchev–Trinajstić information content (AvgIpc) is 1.84. The van der Waals surface area contributed by atoms with Crippen LogP contribution in [-0.4, -0.2) is 3.79 Å². The van der Waals surface area contributed by atoms with Gasteiger partial charge in [-0.2, -0.15) is 0 Å². The highest BCUT2D eigenvalue weighted by Crippen LogP contribution is 2.16. The van der Waals surface area contributed by atoms with Gasteiger partial charge in [-0.3, -0.25) is 4.79 Å². The van der Waals surface area contributed by atoms with Crippen molar-refractivity contribution in [3.05, 3.63) is 0 Å². The summed E-state index contributed by atoms with van der Waals surface area (Å²) < 4.78 is 0.159. The molecule has 11 heavy (non-hydrogen) atoms. The molecule has 0 aliphatic carbocycles. The summed E-state index contributed by atoms with van der Waals surface area (Å²) in [6.07, 6.45) is 6.74. The fraction of sp³-hybridized carbons (Fsp3) is 0.667. The molecule has 0 heterocycles. The number of carbonyl (C=O) groups excluding carboxylic acids is 1. The quantitative estimate of drug-likeness (QED) is 0.433. The summed E-state index contributed by atoms with van der Waals surface area (Å²) in [7, 11) is 0. The third-order valence-corrected chi connectivity index (χ3v) is 1.84. The molecule has 0 aromatic rings. The monoisotopic (exact) mass is 264 g/mol. The predicted octanol–water partition coefficient (Wildman–Crippen LogP) is 2.63. The van der Waals surface area contributed by atoms with Gasteiger partial charge >= 0.3 is 0 Å². The van der Waals surface area contributed by atoms with Crippen molar-refractivity contribution >= 4 is 26.4 Å². The van der Waals surface area contributed by atoms with Gasteiger partial charge in [0.1, 0.15) is 0 Å². The van der Waals surface area contributed by atoms with Crippen LogP contribution in [0.2, 0.25) is 0 Å². The summed E-state index contributed by atoms with van der Waals surface area (Å²) in [5, 5.41) is 0. The molecule has 0 aliphatic rings. The van der Waals surface area contributed by atoms with Crippen LogP contribution in [0.3, 0.4) is 0 Å². The Morgan fingerprint density at radius 1 is 1.64 bits per heavy atom. The minimum atomic E-state index is 0.138. The molecule has 0 fully saturated rings. The van der Waals surface area contributed by atoms with Gasteiger partial charge in [0.25, 0.3) is 0 Å². The molecule has 0 bridgehead atoms. The zero-order chi connectivity index (χ0) is 8.85. The lowest BCUT2D eigenvalue weighted by Gasteiger charge is -2.09. The molecule has 1 nitrogen and oxygen atoms in total. The first-order valence-electron chi connectivity index (χ1n) is 3.70. The number of hydrogen-bond acceptors (Lipinski definition) is 1. The van der Waals surface area contributed by atoms with Crippen molar-refractivity contribution in [2.24, 2.45) is 11.8 Å². The lowest BCUT2D eigenvalue weighted by atomic mass is 9.96. The second kappa shape index (κ2) is 5.59. The van der Waals surface area contributed by atoms with Gasteiger partial charge in [-0.1, -0.05) is 13.8 Å². The molecule has 0 aliphatic heterocycles. The Kier molecular flexibility index (Phi) is 5.57. The molecule has 0 saturated heterocycles. The Morgan fingerprint density at radius 2 is 2.18 bits per heavy atom. The van der Waals surface area contributed by atoms with E-state index in [1.807, 2.05) is 0 Å². The van der Waals surface area contributed by atoms with Crippen LogP contribution in [0.15, 0.2) is 0 Å². The Bertz CT molecular complexity index is 167. The molecule has 0 aromatic heterocycles. The van der Waals surface area contributed by atoms with Gasteiger partial charge in [0.2, 0.25) is 0 Å². The van der Waals surface area contributed by atoms with E-state index < -0.39 is 0 Å². The molecule has 0 aromatic carbocycles. The van der Waals surface area contributed by atoms with Crippen molar-refractivity contribution < 1.29 is 4.79 Å². The van der Waals surface area contributed by atoms with E-state index in [2.05, 4.69) is 19.8 Å². The molecule has 0 N–H and O–H groups in total. The van der Waals surface area contributed by atoms with Gasteiger partial charge in [0.15, 0.2) is 3.79 Å². The Balaban J connectivity index is 3.79. The molecular formula is C9H13IO. The number of rotatable bonds is 4. The SMILES string of the molecule is C#C[C@@H](CC(=O)I)CC(C)C. The summed E-state index contributed by atoms with van der Waals surface area (Å²) in [4.78, 5) is 10.7. The van der Waals surface area contributed by atoms with Crippen LogP contribution in [-0.2, 0) is 4.79 Å². The lowest BCUT2D eigenvalue weighted by molar-refractivity contribution is -0.110. The van der Waals surface area contributed by atoms with Crippen LogP contribution in [0.4, 0.5) is 0 Å². The maximum Gasteiger partial charge on any atom is 0.193 e. The fourth-order valence-corrected chi connectivity index (χ4v) is 1.50. The van der Waals surface area contributed by atoms with E-state index in [-0.39, 0.29) is 9.71 Å². The van der Waals surface area contributed by atoms with E-state index in [0.717, 1.165) is 6.42 Å². The average molecular weight is 264 g/mol. The first-order chi connectivity index (χ1) is 5.06. The highest BCUT2D eigenvalue weighted by atomic mass is 127. The van der Waals surface area contributed by atoms with E-state index >= 15 is 0 Å². The minimum absolute atomic E-state index is 0.138. The molecule has 0 saturated carbocycles. The maximum absolute atomic E-state index is 10.7. The van der Waals surface area contributed by atoms with Crippen molar-refractivity contribution in [1.82, 2.24) is 0 Å². The third-order valence-electron chi connectivity index (χ3n) is 1.40. The Labute approximate surface area is 82.1 Å². The Hall–Kier alpha value is -0.0400. The number of carbonyl (C=O) groups is 1. The minimum Gasteiger partial charge on any atom is -0.288 e. The highest BCUT2D eigenvalue weighted by molar-refractivity contribution is 14.1. The summed E-state index contributed by atoms with van der Waals surface area (Å²) in [6.45, 7) is 4.23. The molecule has 0 spiro atoms. The molecule has 2 heteroatoms. The fourth-order valence-electron chi connectivity index (χ4n) is 0.973. The molecule has 1 atom stereocenters. The molecule has 0 rings (SSSR count). The van der Waals surface area contributed by atoms with E-state index in [4.69, 9.17) is 6.42 Å². The van der Waals surface area contributed by atoms with E-state index in [9.17, 15) is 4.79 Å². The normalized spacial score (nSPS) is 12.6. The first-order valence-corrected chi connectivity index (χ1v) is 4.78. The van der Waals surface area contributed by atoms with Crippen LogP contribution in [0.5, 0.6) is 0 Å². The molecule has 0 amide bonds. The van der Waals surface area contributed by atoms with Crippen LogP contribution < -0.4 is 0 Å². The van der Waals surface area contributed by atoms with Gasteiger partial charge in [0.05, 0.1) is 0 Å². The first kappa shape index (κ1) is 11.0. The number of halogens is 1. The summed E-state index contributed by atoms with van der Waals surface area (Å²) in [5.41, 5.74) is 0.